The van der Waals surface area contributed by atoms with E-state index in [9.17, 15) is 15.0 Å². The molecule has 2 aromatic rings. The van der Waals surface area contributed by atoms with Gasteiger partial charge < -0.3 is 38.6 Å². The van der Waals surface area contributed by atoms with Crippen LogP contribution in [0.25, 0.3) is 11.1 Å². The zero-order valence-corrected chi connectivity index (χ0v) is 20.7. The summed E-state index contributed by atoms with van der Waals surface area (Å²) < 4.78 is 33.5. The first-order valence-corrected chi connectivity index (χ1v) is 10.8. The Morgan fingerprint density at radius 1 is 0.765 bits per heavy atom. The van der Waals surface area contributed by atoms with Crippen molar-refractivity contribution < 1.29 is 43.4 Å². The smallest absolute Gasteiger partial charge is 0.303 e. The molecule has 0 aliphatic heterocycles. The lowest BCUT2D eigenvalue weighted by molar-refractivity contribution is -0.151. The Morgan fingerprint density at radius 3 is 1.79 bits per heavy atom. The van der Waals surface area contributed by atoms with E-state index in [1.807, 2.05) is 13.8 Å². The van der Waals surface area contributed by atoms with Gasteiger partial charge in [0.05, 0.1) is 41.7 Å². The second kappa shape index (κ2) is 9.89. The lowest BCUT2D eigenvalue weighted by Gasteiger charge is -2.37. The molecule has 0 saturated carbocycles. The molecular formula is C25H32O9. The molecule has 1 aliphatic carbocycles. The van der Waals surface area contributed by atoms with E-state index in [4.69, 9.17) is 28.4 Å². The highest BCUT2D eigenvalue weighted by molar-refractivity contribution is 5.89. The van der Waals surface area contributed by atoms with Gasteiger partial charge in [0.2, 0.25) is 11.5 Å². The molecule has 0 radical (unpaired) electrons. The minimum Gasteiger partial charge on any atom is -0.504 e. The summed E-state index contributed by atoms with van der Waals surface area (Å²) in [5.74, 6) is -0.235. The predicted molar refractivity (Wildman–Crippen MR) is 124 cm³/mol. The minimum atomic E-state index is -1.04. The van der Waals surface area contributed by atoms with Crippen LogP contribution in [0, 0.1) is 11.8 Å². The summed E-state index contributed by atoms with van der Waals surface area (Å²) in [6, 6.07) is 3.33. The largest absolute Gasteiger partial charge is 0.504 e. The summed E-state index contributed by atoms with van der Waals surface area (Å²) in [4.78, 5) is 12.1. The van der Waals surface area contributed by atoms with Gasteiger partial charge in [0.25, 0.3) is 0 Å². The molecule has 4 atom stereocenters. The number of fused-ring (bicyclic) bond motifs is 3. The van der Waals surface area contributed by atoms with Gasteiger partial charge in [-0.3, -0.25) is 4.79 Å². The maximum Gasteiger partial charge on any atom is 0.303 e. The quantitative estimate of drug-likeness (QED) is 0.597. The molecule has 0 fully saturated rings. The molecule has 0 bridgehead atoms. The van der Waals surface area contributed by atoms with E-state index >= 15 is 0 Å². The minimum absolute atomic E-state index is 0.0848. The van der Waals surface area contributed by atoms with E-state index in [-0.39, 0.29) is 46.1 Å². The number of hydrogen-bond donors (Lipinski definition) is 2. The van der Waals surface area contributed by atoms with Gasteiger partial charge in [0.15, 0.2) is 23.0 Å². The molecule has 2 aromatic carbocycles. The van der Waals surface area contributed by atoms with Crippen LogP contribution in [0.4, 0.5) is 0 Å². The Hall–Kier alpha value is -3.33. The molecule has 0 unspecified atom stereocenters. The lowest BCUT2D eigenvalue weighted by atomic mass is 9.74. The van der Waals surface area contributed by atoms with E-state index in [0.29, 0.717) is 22.4 Å². The second-order valence-corrected chi connectivity index (χ2v) is 8.23. The van der Waals surface area contributed by atoms with Crippen LogP contribution in [0.3, 0.4) is 0 Å². The number of rotatable bonds is 6. The number of phenolic OH excluding ortho intramolecular Hbond substituents is 1. The van der Waals surface area contributed by atoms with Crippen LogP contribution in [0.5, 0.6) is 34.5 Å². The Labute approximate surface area is 199 Å². The average Bonchev–Trinajstić information content (AvgIpc) is 2.83. The van der Waals surface area contributed by atoms with Crippen LogP contribution in [-0.4, -0.2) is 51.7 Å². The van der Waals surface area contributed by atoms with Gasteiger partial charge >= 0.3 is 5.97 Å². The number of aliphatic hydroxyl groups is 1. The molecule has 0 heterocycles. The summed E-state index contributed by atoms with van der Waals surface area (Å²) in [5.41, 5.74) is 1.58. The topological polar surface area (TPSA) is 113 Å². The molecule has 9 nitrogen and oxygen atoms in total. The van der Waals surface area contributed by atoms with Crippen LogP contribution >= 0.6 is 0 Å². The molecular weight excluding hydrogens is 444 g/mol. The van der Waals surface area contributed by atoms with Gasteiger partial charge in [0, 0.05) is 29.5 Å². The fourth-order valence-electron chi connectivity index (χ4n) is 4.63. The predicted octanol–water partition coefficient (Wildman–Crippen LogP) is 4.03. The van der Waals surface area contributed by atoms with Crippen LogP contribution < -0.4 is 23.7 Å². The number of carbonyl (C=O) groups excluding carboxylic acids is 1. The third-order valence-electron chi connectivity index (χ3n) is 6.51. The van der Waals surface area contributed by atoms with Crippen LogP contribution in [0.1, 0.15) is 44.1 Å². The number of ether oxygens (including phenoxy) is 6. The first-order chi connectivity index (χ1) is 16.2. The van der Waals surface area contributed by atoms with E-state index in [1.54, 1.807) is 12.1 Å². The Kier molecular flexibility index (Phi) is 7.35. The monoisotopic (exact) mass is 476 g/mol. The summed E-state index contributed by atoms with van der Waals surface area (Å²) >= 11 is 0. The molecule has 2 N–H and O–H groups in total. The molecule has 9 heteroatoms. The van der Waals surface area contributed by atoms with E-state index in [1.165, 1.54) is 42.5 Å². The van der Waals surface area contributed by atoms with Crippen molar-refractivity contribution in [1.82, 2.24) is 0 Å². The van der Waals surface area contributed by atoms with Gasteiger partial charge in [-0.2, -0.15) is 0 Å². The van der Waals surface area contributed by atoms with Crippen LogP contribution in [0.2, 0.25) is 0 Å². The van der Waals surface area contributed by atoms with E-state index < -0.39 is 18.2 Å². The van der Waals surface area contributed by atoms with Crippen LogP contribution in [-0.2, 0) is 9.53 Å². The number of hydrogen-bond acceptors (Lipinski definition) is 9. The lowest BCUT2D eigenvalue weighted by Crippen LogP contribution is -2.28. The van der Waals surface area contributed by atoms with Crippen molar-refractivity contribution in [3.63, 3.8) is 0 Å². The SMILES string of the molecule is COc1cc2c(c(O)c1OC)-c1c(cc(OC)c(OC)c1OC)[C@@H](OC(C)=O)[C@H](C)[C@H](C)[C@@H]2O. The summed E-state index contributed by atoms with van der Waals surface area (Å²) in [6.45, 7) is 5.07. The van der Waals surface area contributed by atoms with E-state index in [0.717, 1.165) is 0 Å². The highest BCUT2D eigenvalue weighted by Gasteiger charge is 2.41. The van der Waals surface area contributed by atoms with Gasteiger partial charge in [-0.15, -0.1) is 0 Å². The van der Waals surface area contributed by atoms with Crippen molar-refractivity contribution in [1.29, 1.82) is 0 Å². The Balaban J connectivity index is 2.60. The molecule has 3 rings (SSSR count). The Bertz CT molecular complexity index is 1080. The zero-order chi connectivity index (χ0) is 25.3. The zero-order valence-electron chi connectivity index (χ0n) is 20.7. The van der Waals surface area contributed by atoms with Crippen molar-refractivity contribution >= 4 is 5.97 Å². The summed E-state index contributed by atoms with van der Waals surface area (Å²) in [5, 5.41) is 22.8. The van der Waals surface area contributed by atoms with Gasteiger partial charge in [0.1, 0.15) is 6.10 Å². The summed E-state index contributed by atoms with van der Waals surface area (Å²) in [7, 11) is 7.26. The molecule has 1 aliphatic rings. The van der Waals surface area contributed by atoms with Gasteiger partial charge in [-0.05, 0) is 23.6 Å². The third-order valence-corrected chi connectivity index (χ3v) is 6.51. The molecule has 186 valence electrons. The first-order valence-electron chi connectivity index (χ1n) is 10.8. The maximum atomic E-state index is 12.1. The maximum absolute atomic E-state index is 12.1. The second-order valence-electron chi connectivity index (χ2n) is 8.23. The molecule has 34 heavy (non-hydrogen) atoms. The standard InChI is InChI=1S/C25H32O9/c1-11-12(2)22(34-13(3)26)15-10-17(30-5)24(32-7)25(33-8)19(15)18-14(20(11)27)9-16(29-4)23(31-6)21(18)28/h9-12,20,22,27-28H,1-8H3/t11-,12+,20-,22-/m0/s1. The fraction of sp³-hybridized carbons (Fsp3) is 0.480. The van der Waals surface area contributed by atoms with Crippen LogP contribution in [0.15, 0.2) is 12.1 Å². The van der Waals surface area contributed by atoms with E-state index in [2.05, 4.69) is 0 Å². The van der Waals surface area contributed by atoms with Crippen molar-refractivity contribution in [3.05, 3.63) is 23.3 Å². The fourth-order valence-corrected chi connectivity index (χ4v) is 4.63. The number of benzene rings is 2. The molecule has 0 amide bonds. The number of aliphatic hydroxyl groups excluding tert-OH is 1. The number of aromatic hydroxyl groups is 1. The van der Waals surface area contributed by atoms with Crippen molar-refractivity contribution in [2.45, 2.75) is 33.0 Å². The number of esters is 1. The number of phenols is 1. The normalized spacial score (nSPS) is 21.3. The highest BCUT2D eigenvalue weighted by Crippen LogP contribution is 2.59. The van der Waals surface area contributed by atoms with Gasteiger partial charge in [-0.1, -0.05) is 13.8 Å². The summed E-state index contributed by atoms with van der Waals surface area (Å²) in [6.07, 6.45) is -1.83. The molecule has 0 spiro atoms. The van der Waals surface area contributed by atoms with Crippen molar-refractivity contribution in [3.8, 4) is 45.6 Å². The van der Waals surface area contributed by atoms with Crippen molar-refractivity contribution in [2.24, 2.45) is 11.8 Å². The van der Waals surface area contributed by atoms with Crippen molar-refractivity contribution in [2.75, 3.05) is 35.5 Å². The van der Waals surface area contributed by atoms with Gasteiger partial charge in [-0.25, -0.2) is 0 Å². The third kappa shape index (κ3) is 3.94. The highest BCUT2D eigenvalue weighted by atomic mass is 16.5. The average molecular weight is 477 g/mol. The first kappa shape index (κ1) is 25.3. The molecule has 0 saturated heterocycles. The number of methoxy groups -OCH3 is 5. The Morgan fingerprint density at radius 2 is 1.29 bits per heavy atom. The number of carbonyl (C=O) groups is 1. The molecule has 0 aromatic heterocycles.